The smallest absolute Gasteiger partial charge is 0.0963 e. The Morgan fingerprint density at radius 2 is 1.92 bits per heavy atom. The summed E-state index contributed by atoms with van der Waals surface area (Å²) in [6.45, 7) is 7.21. The lowest BCUT2D eigenvalue weighted by atomic mass is 10.1. The monoisotopic (exact) mass is 367 g/mol. The summed E-state index contributed by atoms with van der Waals surface area (Å²) in [5, 5.41) is 4.36. The fourth-order valence-electron chi connectivity index (χ4n) is 3.52. The van der Waals surface area contributed by atoms with Crippen molar-refractivity contribution in [2.45, 2.75) is 19.4 Å². The maximum atomic E-state index is 5.46. The molecule has 4 nitrogen and oxygen atoms in total. The van der Waals surface area contributed by atoms with E-state index in [9.17, 15) is 0 Å². The van der Waals surface area contributed by atoms with Gasteiger partial charge in [-0.1, -0.05) is 30.3 Å². The molecule has 26 heavy (non-hydrogen) atoms. The van der Waals surface area contributed by atoms with Gasteiger partial charge in [-0.3, -0.25) is 4.90 Å². The molecule has 3 aromatic rings. The van der Waals surface area contributed by atoms with Crippen LogP contribution in [0, 0.1) is 0 Å². The Kier molecular flexibility index (Phi) is 5.48. The number of aromatic nitrogens is 2. The van der Waals surface area contributed by atoms with Gasteiger partial charge in [0.2, 0.25) is 0 Å². The number of imidazole rings is 1. The molecule has 1 aromatic carbocycles. The van der Waals surface area contributed by atoms with Gasteiger partial charge in [0, 0.05) is 42.2 Å². The van der Waals surface area contributed by atoms with Crippen LogP contribution in [-0.2, 0) is 4.74 Å². The molecule has 136 valence electrons. The van der Waals surface area contributed by atoms with E-state index in [0.717, 1.165) is 45.0 Å². The molecule has 1 aliphatic rings. The molecule has 0 saturated carbocycles. The van der Waals surface area contributed by atoms with Gasteiger partial charge in [0.05, 0.1) is 30.9 Å². The second kappa shape index (κ2) is 8.16. The molecule has 1 saturated heterocycles. The Morgan fingerprint density at radius 1 is 1.12 bits per heavy atom. The van der Waals surface area contributed by atoms with Crippen molar-refractivity contribution in [3.8, 4) is 22.5 Å². The number of nitrogens with zero attached hydrogens (tertiary/aromatic N) is 3. The predicted octanol–water partition coefficient (Wildman–Crippen LogP) is 4.56. The number of rotatable bonds is 6. The first kappa shape index (κ1) is 17.5. The number of ether oxygens (including phenoxy) is 1. The second-order valence-corrected chi connectivity index (χ2v) is 7.60. The highest BCUT2D eigenvalue weighted by molar-refractivity contribution is 7.08. The standard InChI is InChI=1S/C21H25N3OS/c1-17(7-9-23-10-12-25-13-11-23)24-16-22-20(18-5-3-2-4-6-18)21(24)19-8-14-26-15-19/h2-6,8,14-17H,7,9-13H2,1H3. The summed E-state index contributed by atoms with van der Waals surface area (Å²) >= 11 is 1.73. The minimum absolute atomic E-state index is 0.401. The van der Waals surface area contributed by atoms with Gasteiger partial charge < -0.3 is 9.30 Å². The molecule has 2 aromatic heterocycles. The van der Waals surface area contributed by atoms with Crippen LogP contribution >= 0.6 is 11.3 Å². The summed E-state index contributed by atoms with van der Waals surface area (Å²) in [4.78, 5) is 7.29. The van der Waals surface area contributed by atoms with Crippen LogP contribution in [0.25, 0.3) is 22.5 Å². The van der Waals surface area contributed by atoms with Crippen LogP contribution in [0.2, 0.25) is 0 Å². The summed E-state index contributed by atoms with van der Waals surface area (Å²) in [6.07, 6.45) is 3.13. The molecule has 0 N–H and O–H groups in total. The zero-order chi connectivity index (χ0) is 17.8. The van der Waals surface area contributed by atoms with Crippen LogP contribution in [0.3, 0.4) is 0 Å². The second-order valence-electron chi connectivity index (χ2n) is 6.82. The van der Waals surface area contributed by atoms with Gasteiger partial charge in [-0.15, -0.1) is 0 Å². The van der Waals surface area contributed by atoms with E-state index in [1.165, 1.54) is 16.8 Å². The topological polar surface area (TPSA) is 30.3 Å². The quantitative estimate of drug-likeness (QED) is 0.640. The molecule has 0 amide bonds. The average molecular weight is 368 g/mol. The Balaban J connectivity index is 1.60. The molecular weight excluding hydrogens is 342 g/mol. The van der Waals surface area contributed by atoms with E-state index >= 15 is 0 Å². The van der Waals surface area contributed by atoms with E-state index in [-0.39, 0.29) is 0 Å². The van der Waals surface area contributed by atoms with Crippen molar-refractivity contribution >= 4 is 11.3 Å². The van der Waals surface area contributed by atoms with Crippen LogP contribution in [-0.4, -0.2) is 47.3 Å². The third-order valence-electron chi connectivity index (χ3n) is 5.08. The molecular formula is C21H25N3OS. The van der Waals surface area contributed by atoms with E-state index < -0.39 is 0 Å². The highest BCUT2D eigenvalue weighted by Gasteiger charge is 2.19. The predicted molar refractivity (Wildman–Crippen MR) is 108 cm³/mol. The van der Waals surface area contributed by atoms with Gasteiger partial charge in [-0.25, -0.2) is 4.98 Å². The van der Waals surface area contributed by atoms with Crippen molar-refractivity contribution < 1.29 is 4.74 Å². The summed E-state index contributed by atoms with van der Waals surface area (Å²) in [5.74, 6) is 0. The van der Waals surface area contributed by atoms with E-state index in [1.54, 1.807) is 11.3 Å². The van der Waals surface area contributed by atoms with E-state index in [1.807, 2.05) is 6.33 Å². The third-order valence-corrected chi connectivity index (χ3v) is 5.76. The van der Waals surface area contributed by atoms with Gasteiger partial charge in [-0.2, -0.15) is 11.3 Å². The maximum Gasteiger partial charge on any atom is 0.0963 e. The van der Waals surface area contributed by atoms with Crippen molar-refractivity contribution in [2.75, 3.05) is 32.8 Å². The fraction of sp³-hybridized carbons (Fsp3) is 0.381. The zero-order valence-corrected chi connectivity index (χ0v) is 16.0. The van der Waals surface area contributed by atoms with E-state index in [4.69, 9.17) is 9.72 Å². The average Bonchev–Trinajstić information content (AvgIpc) is 3.37. The number of hydrogen-bond donors (Lipinski definition) is 0. The highest BCUT2D eigenvalue weighted by atomic mass is 32.1. The molecule has 0 bridgehead atoms. The maximum absolute atomic E-state index is 5.46. The first-order valence-corrected chi connectivity index (χ1v) is 10.2. The summed E-state index contributed by atoms with van der Waals surface area (Å²) in [6, 6.07) is 13.1. The summed E-state index contributed by atoms with van der Waals surface area (Å²) in [7, 11) is 0. The molecule has 1 aliphatic heterocycles. The largest absolute Gasteiger partial charge is 0.379 e. The van der Waals surface area contributed by atoms with Crippen molar-refractivity contribution in [1.29, 1.82) is 0 Å². The third kappa shape index (κ3) is 3.75. The Labute approximate surface area is 159 Å². The summed E-state index contributed by atoms with van der Waals surface area (Å²) in [5.41, 5.74) is 4.73. The Morgan fingerprint density at radius 3 is 2.65 bits per heavy atom. The molecule has 5 heteroatoms. The van der Waals surface area contributed by atoms with Crippen LogP contribution in [0.4, 0.5) is 0 Å². The minimum Gasteiger partial charge on any atom is -0.379 e. The SMILES string of the molecule is CC(CCN1CCOCC1)n1cnc(-c2ccccc2)c1-c1ccsc1. The lowest BCUT2D eigenvalue weighted by molar-refractivity contribution is 0.0359. The summed E-state index contributed by atoms with van der Waals surface area (Å²) < 4.78 is 7.81. The molecule has 0 radical (unpaired) electrons. The highest BCUT2D eigenvalue weighted by Crippen LogP contribution is 2.34. The van der Waals surface area contributed by atoms with Gasteiger partial charge in [-0.05, 0) is 24.8 Å². The molecule has 4 rings (SSSR count). The Bertz CT molecular complexity index is 807. The van der Waals surface area contributed by atoms with Crippen LogP contribution in [0.15, 0.2) is 53.5 Å². The van der Waals surface area contributed by atoms with Gasteiger partial charge in [0.1, 0.15) is 0 Å². The lowest BCUT2D eigenvalue weighted by Crippen LogP contribution is -2.37. The fourth-order valence-corrected chi connectivity index (χ4v) is 4.16. The number of benzene rings is 1. The molecule has 0 aliphatic carbocycles. The first-order chi connectivity index (χ1) is 12.8. The van der Waals surface area contributed by atoms with E-state index in [0.29, 0.717) is 6.04 Å². The number of morpholine rings is 1. The molecule has 1 fully saturated rings. The van der Waals surface area contributed by atoms with Crippen LogP contribution in [0.5, 0.6) is 0 Å². The minimum atomic E-state index is 0.401. The first-order valence-electron chi connectivity index (χ1n) is 9.28. The number of hydrogen-bond acceptors (Lipinski definition) is 4. The molecule has 0 spiro atoms. The van der Waals surface area contributed by atoms with Crippen LogP contribution < -0.4 is 0 Å². The van der Waals surface area contributed by atoms with Crippen LogP contribution in [0.1, 0.15) is 19.4 Å². The van der Waals surface area contributed by atoms with Crippen molar-refractivity contribution in [3.05, 3.63) is 53.5 Å². The van der Waals surface area contributed by atoms with E-state index in [2.05, 4.69) is 63.5 Å². The van der Waals surface area contributed by atoms with Crippen molar-refractivity contribution in [1.82, 2.24) is 14.5 Å². The van der Waals surface area contributed by atoms with Gasteiger partial charge in [0.15, 0.2) is 0 Å². The zero-order valence-electron chi connectivity index (χ0n) is 15.2. The normalized spacial score (nSPS) is 16.7. The molecule has 1 atom stereocenters. The van der Waals surface area contributed by atoms with Crippen molar-refractivity contribution in [3.63, 3.8) is 0 Å². The lowest BCUT2D eigenvalue weighted by Gasteiger charge is -2.28. The van der Waals surface area contributed by atoms with Gasteiger partial charge >= 0.3 is 0 Å². The van der Waals surface area contributed by atoms with Crippen molar-refractivity contribution in [2.24, 2.45) is 0 Å². The molecule has 1 unspecified atom stereocenters. The van der Waals surface area contributed by atoms with Gasteiger partial charge in [0.25, 0.3) is 0 Å². The Hall–Kier alpha value is -1.95. The number of thiophene rings is 1. The molecule has 3 heterocycles.